The van der Waals surface area contributed by atoms with Crippen molar-refractivity contribution in [3.05, 3.63) is 16.1 Å². The number of nitrogens with zero attached hydrogens (tertiary/aromatic N) is 3. The molecule has 6 heteroatoms. The minimum Gasteiger partial charge on any atom is -0.357 e. The molecule has 1 aliphatic rings. The molecule has 1 aromatic rings. The first-order valence-electron chi connectivity index (χ1n) is 8.29. The molecule has 1 aromatic heterocycles. The lowest BCUT2D eigenvalue weighted by Gasteiger charge is -2.28. The van der Waals surface area contributed by atoms with Crippen molar-refractivity contribution in [2.24, 2.45) is 10.9 Å². The molecule has 1 fully saturated rings. The van der Waals surface area contributed by atoms with Gasteiger partial charge in [0.2, 0.25) is 0 Å². The summed E-state index contributed by atoms with van der Waals surface area (Å²) in [4.78, 5) is 11.7. The van der Waals surface area contributed by atoms with Crippen molar-refractivity contribution in [1.82, 2.24) is 20.5 Å². The lowest BCUT2D eigenvalue weighted by Crippen LogP contribution is -2.39. The number of aryl methyl sites for hydroxylation is 1. The van der Waals surface area contributed by atoms with Crippen molar-refractivity contribution >= 4 is 17.3 Å². The quantitative estimate of drug-likeness (QED) is 0.620. The van der Waals surface area contributed by atoms with Crippen molar-refractivity contribution in [3.8, 4) is 0 Å². The van der Waals surface area contributed by atoms with E-state index in [-0.39, 0.29) is 0 Å². The second-order valence-corrected chi connectivity index (χ2v) is 7.09. The number of hydrogen-bond acceptors (Lipinski definition) is 4. The van der Waals surface area contributed by atoms with Crippen LogP contribution in [0.2, 0.25) is 0 Å². The fourth-order valence-corrected chi connectivity index (χ4v) is 3.46. The van der Waals surface area contributed by atoms with Gasteiger partial charge in [0.1, 0.15) is 0 Å². The van der Waals surface area contributed by atoms with Gasteiger partial charge in [-0.05, 0) is 46.2 Å². The average molecular weight is 324 g/mol. The largest absolute Gasteiger partial charge is 0.357 e. The molecule has 1 aliphatic heterocycles. The summed E-state index contributed by atoms with van der Waals surface area (Å²) >= 11 is 1.71. The van der Waals surface area contributed by atoms with Crippen LogP contribution in [0.5, 0.6) is 0 Å². The summed E-state index contributed by atoms with van der Waals surface area (Å²) < 4.78 is 0. The van der Waals surface area contributed by atoms with Crippen LogP contribution >= 0.6 is 11.3 Å². The number of aliphatic imine (C=N–C) groups is 1. The van der Waals surface area contributed by atoms with E-state index >= 15 is 0 Å². The summed E-state index contributed by atoms with van der Waals surface area (Å²) in [6.07, 6.45) is 3.54. The van der Waals surface area contributed by atoms with Gasteiger partial charge in [-0.3, -0.25) is 4.99 Å². The number of nitrogens with one attached hydrogen (secondary N) is 2. The second-order valence-electron chi connectivity index (χ2n) is 6.02. The van der Waals surface area contributed by atoms with Crippen LogP contribution < -0.4 is 10.6 Å². The maximum Gasteiger partial charge on any atom is 0.191 e. The fraction of sp³-hybridized carbons (Fsp3) is 0.750. The summed E-state index contributed by atoms with van der Waals surface area (Å²) in [5.41, 5.74) is 1.17. The van der Waals surface area contributed by atoms with Gasteiger partial charge in [-0.25, -0.2) is 4.98 Å². The normalized spacial score (nSPS) is 20.1. The fourth-order valence-electron chi connectivity index (χ4n) is 2.82. The molecule has 2 heterocycles. The average Bonchev–Trinajstić information content (AvgIpc) is 2.90. The number of likely N-dealkylation sites (tertiary alicyclic amines) is 1. The Morgan fingerprint density at radius 3 is 3.05 bits per heavy atom. The lowest BCUT2D eigenvalue weighted by atomic mass is 9.99. The molecule has 0 spiro atoms. The van der Waals surface area contributed by atoms with Gasteiger partial charge in [0.25, 0.3) is 0 Å². The molecule has 0 aromatic carbocycles. The van der Waals surface area contributed by atoms with E-state index in [4.69, 9.17) is 4.99 Å². The van der Waals surface area contributed by atoms with Crippen molar-refractivity contribution in [3.63, 3.8) is 0 Å². The van der Waals surface area contributed by atoms with E-state index in [1.54, 1.807) is 11.3 Å². The molecule has 0 amide bonds. The van der Waals surface area contributed by atoms with Crippen LogP contribution in [0.25, 0.3) is 0 Å². The summed E-state index contributed by atoms with van der Waals surface area (Å²) in [6.45, 7) is 9.23. The molecule has 2 N–H and O–H groups in total. The van der Waals surface area contributed by atoms with E-state index in [0.717, 1.165) is 37.0 Å². The van der Waals surface area contributed by atoms with E-state index in [9.17, 15) is 0 Å². The SMILES string of the molecule is CCNC(=NCC1CCCN(C)C1)NCCc1csc(C)n1. The summed E-state index contributed by atoms with van der Waals surface area (Å²) in [5, 5.41) is 10.0. The van der Waals surface area contributed by atoms with Gasteiger partial charge in [0, 0.05) is 38.0 Å². The topological polar surface area (TPSA) is 52.6 Å². The molecule has 1 atom stereocenters. The van der Waals surface area contributed by atoms with Crippen molar-refractivity contribution in [1.29, 1.82) is 0 Å². The molecular formula is C16H29N5S. The summed E-state index contributed by atoms with van der Waals surface area (Å²) in [6, 6.07) is 0. The summed E-state index contributed by atoms with van der Waals surface area (Å²) in [5.74, 6) is 1.62. The molecule has 0 saturated carbocycles. The third-order valence-corrected chi connectivity index (χ3v) is 4.74. The standard InChI is InChI=1S/C16H29N5S/c1-4-17-16(18-8-7-15-12-22-13(2)20-15)19-10-14-6-5-9-21(3)11-14/h12,14H,4-11H2,1-3H3,(H2,17,18,19). The number of piperidine rings is 1. The maximum atomic E-state index is 4.76. The molecule has 2 rings (SSSR count). The number of thiazole rings is 1. The third kappa shape index (κ3) is 5.93. The first kappa shape index (κ1) is 17.2. The number of hydrogen-bond donors (Lipinski definition) is 2. The Morgan fingerprint density at radius 2 is 2.36 bits per heavy atom. The van der Waals surface area contributed by atoms with Crippen molar-refractivity contribution < 1.29 is 0 Å². The van der Waals surface area contributed by atoms with E-state index in [2.05, 4.69) is 39.9 Å². The predicted octanol–water partition coefficient (Wildman–Crippen LogP) is 1.89. The van der Waals surface area contributed by atoms with Gasteiger partial charge >= 0.3 is 0 Å². The van der Waals surface area contributed by atoms with Crippen LogP contribution in [-0.4, -0.2) is 55.6 Å². The first-order valence-corrected chi connectivity index (χ1v) is 9.17. The molecule has 0 aliphatic carbocycles. The predicted molar refractivity (Wildman–Crippen MR) is 94.8 cm³/mol. The Hall–Kier alpha value is -1.14. The van der Waals surface area contributed by atoms with Crippen LogP contribution in [0.1, 0.15) is 30.5 Å². The molecule has 22 heavy (non-hydrogen) atoms. The van der Waals surface area contributed by atoms with E-state index in [0.29, 0.717) is 5.92 Å². The second kappa shape index (κ2) is 9.10. The zero-order valence-corrected chi connectivity index (χ0v) is 14.9. The number of rotatable bonds is 6. The summed E-state index contributed by atoms with van der Waals surface area (Å²) in [7, 11) is 2.20. The Balaban J connectivity index is 1.76. The van der Waals surface area contributed by atoms with Crippen LogP contribution in [-0.2, 0) is 6.42 Å². The van der Waals surface area contributed by atoms with Crippen molar-refractivity contribution in [2.75, 3.05) is 39.8 Å². The zero-order chi connectivity index (χ0) is 15.8. The van der Waals surface area contributed by atoms with E-state index < -0.39 is 0 Å². The Kier molecular flexibility index (Phi) is 7.12. The third-order valence-electron chi connectivity index (χ3n) is 3.91. The monoisotopic (exact) mass is 323 g/mol. The number of guanidine groups is 1. The maximum absolute atomic E-state index is 4.76. The van der Waals surface area contributed by atoms with Gasteiger partial charge in [-0.2, -0.15) is 0 Å². The highest BCUT2D eigenvalue weighted by atomic mass is 32.1. The number of aromatic nitrogens is 1. The van der Waals surface area contributed by atoms with Crippen molar-refractivity contribution in [2.45, 2.75) is 33.1 Å². The van der Waals surface area contributed by atoms with E-state index in [1.165, 1.54) is 31.6 Å². The molecule has 1 saturated heterocycles. The van der Waals surface area contributed by atoms with Crippen LogP contribution in [0.3, 0.4) is 0 Å². The van der Waals surface area contributed by atoms with Crippen LogP contribution in [0.4, 0.5) is 0 Å². The van der Waals surface area contributed by atoms with Gasteiger partial charge in [0.15, 0.2) is 5.96 Å². The van der Waals surface area contributed by atoms with Gasteiger partial charge < -0.3 is 15.5 Å². The molecule has 5 nitrogen and oxygen atoms in total. The Labute approximate surface area is 138 Å². The molecule has 0 radical (unpaired) electrons. The Morgan fingerprint density at radius 1 is 1.50 bits per heavy atom. The first-order chi connectivity index (χ1) is 10.7. The Bertz CT molecular complexity index is 471. The highest BCUT2D eigenvalue weighted by Crippen LogP contribution is 2.15. The zero-order valence-electron chi connectivity index (χ0n) is 14.1. The highest BCUT2D eigenvalue weighted by molar-refractivity contribution is 7.09. The molecule has 0 bridgehead atoms. The highest BCUT2D eigenvalue weighted by Gasteiger charge is 2.16. The van der Waals surface area contributed by atoms with Crippen LogP contribution in [0, 0.1) is 12.8 Å². The van der Waals surface area contributed by atoms with E-state index in [1.807, 2.05) is 6.92 Å². The molecule has 124 valence electrons. The lowest BCUT2D eigenvalue weighted by molar-refractivity contribution is 0.214. The molecule has 1 unspecified atom stereocenters. The minimum atomic E-state index is 0.690. The van der Waals surface area contributed by atoms with Gasteiger partial charge in [-0.1, -0.05) is 0 Å². The smallest absolute Gasteiger partial charge is 0.191 e. The molecular weight excluding hydrogens is 294 g/mol. The minimum absolute atomic E-state index is 0.690. The van der Waals surface area contributed by atoms with Gasteiger partial charge in [0.05, 0.1) is 10.7 Å². The van der Waals surface area contributed by atoms with Gasteiger partial charge in [-0.15, -0.1) is 11.3 Å². The van der Waals surface area contributed by atoms with Crippen LogP contribution in [0.15, 0.2) is 10.4 Å².